The first-order valence-corrected chi connectivity index (χ1v) is 6.25. The SMILES string of the molecule is CNC(=O)CC(C)N[C@H]1C[C@@H](O)[C@@H]1n1cccn1. The second kappa shape index (κ2) is 5.49. The predicted molar refractivity (Wildman–Crippen MR) is 67.0 cm³/mol. The van der Waals surface area contributed by atoms with Crippen molar-refractivity contribution in [1.82, 2.24) is 20.4 Å². The molecular formula is C12H20N4O2. The summed E-state index contributed by atoms with van der Waals surface area (Å²) < 4.78 is 1.78. The summed E-state index contributed by atoms with van der Waals surface area (Å²) >= 11 is 0. The summed E-state index contributed by atoms with van der Waals surface area (Å²) in [6, 6.07) is 2.06. The molecule has 1 fully saturated rings. The van der Waals surface area contributed by atoms with Gasteiger partial charge >= 0.3 is 0 Å². The molecule has 1 aliphatic carbocycles. The molecule has 100 valence electrons. The molecule has 18 heavy (non-hydrogen) atoms. The normalized spacial score (nSPS) is 28.5. The molecular weight excluding hydrogens is 232 g/mol. The summed E-state index contributed by atoms with van der Waals surface area (Å²) in [5.74, 6) is 0.0190. The minimum Gasteiger partial charge on any atom is -0.391 e. The maximum Gasteiger partial charge on any atom is 0.221 e. The average Bonchev–Trinajstić information content (AvgIpc) is 2.81. The van der Waals surface area contributed by atoms with E-state index in [1.165, 1.54) is 0 Å². The Morgan fingerprint density at radius 1 is 1.67 bits per heavy atom. The van der Waals surface area contributed by atoms with Gasteiger partial charge in [0.15, 0.2) is 0 Å². The number of carbonyl (C=O) groups excluding carboxylic acids is 1. The van der Waals surface area contributed by atoms with Gasteiger partial charge in [-0.1, -0.05) is 0 Å². The fraction of sp³-hybridized carbons (Fsp3) is 0.667. The van der Waals surface area contributed by atoms with Crippen LogP contribution in [-0.2, 0) is 4.79 Å². The number of nitrogens with one attached hydrogen (secondary N) is 2. The van der Waals surface area contributed by atoms with Gasteiger partial charge in [-0.05, 0) is 19.4 Å². The highest BCUT2D eigenvalue weighted by atomic mass is 16.3. The lowest BCUT2D eigenvalue weighted by Gasteiger charge is -2.43. The zero-order valence-electron chi connectivity index (χ0n) is 10.7. The van der Waals surface area contributed by atoms with Crippen LogP contribution in [0.4, 0.5) is 0 Å². The van der Waals surface area contributed by atoms with Crippen LogP contribution in [0.25, 0.3) is 0 Å². The van der Waals surface area contributed by atoms with Gasteiger partial charge in [0.05, 0.1) is 12.1 Å². The molecule has 1 unspecified atom stereocenters. The summed E-state index contributed by atoms with van der Waals surface area (Å²) in [7, 11) is 1.63. The third-order valence-corrected chi connectivity index (χ3v) is 3.40. The van der Waals surface area contributed by atoms with Crippen LogP contribution in [0.15, 0.2) is 18.5 Å². The molecule has 4 atom stereocenters. The van der Waals surface area contributed by atoms with Crippen molar-refractivity contribution < 1.29 is 9.90 Å². The van der Waals surface area contributed by atoms with Crippen molar-refractivity contribution in [3.05, 3.63) is 18.5 Å². The number of hydrogen-bond donors (Lipinski definition) is 3. The van der Waals surface area contributed by atoms with Crippen molar-refractivity contribution in [2.45, 2.75) is 44.0 Å². The average molecular weight is 252 g/mol. The van der Waals surface area contributed by atoms with E-state index in [0.717, 1.165) is 0 Å². The number of carbonyl (C=O) groups is 1. The Labute approximate surface area is 106 Å². The van der Waals surface area contributed by atoms with E-state index < -0.39 is 0 Å². The van der Waals surface area contributed by atoms with Gasteiger partial charge < -0.3 is 15.7 Å². The van der Waals surface area contributed by atoms with E-state index in [4.69, 9.17) is 0 Å². The molecule has 3 N–H and O–H groups in total. The van der Waals surface area contributed by atoms with Crippen molar-refractivity contribution in [2.24, 2.45) is 0 Å². The van der Waals surface area contributed by atoms with E-state index in [1.807, 2.05) is 19.2 Å². The minimum atomic E-state index is -0.366. The van der Waals surface area contributed by atoms with Crippen LogP contribution in [0.3, 0.4) is 0 Å². The van der Waals surface area contributed by atoms with Crippen LogP contribution in [0.1, 0.15) is 25.8 Å². The number of aliphatic hydroxyl groups excluding tert-OH is 1. The van der Waals surface area contributed by atoms with Crippen molar-refractivity contribution in [2.75, 3.05) is 7.05 Å². The lowest BCUT2D eigenvalue weighted by molar-refractivity contribution is -0.121. The quantitative estimate of drug-likeness (QED) is 0.670. The van der Waals surface area contributed by atoms with Crippen molar-refractivity contribution in [1.29, 1.82) is 0 Å². The Hall–Kier alpha value is -1.40. The molecule has 1 saturated carbocycles. The molecule has 0 bridgehead atoms. The van der Waals surface area contributed by atoms with Crippen LogP contribution in [-0.4, -0.2) is 46.0 Å². The Kier molecular flexibility index (Phi) is 3.98. The van der Waals surface area contributed by atoms with Gasteiger partial charge in [-0.2, -0.15) is 5.10 Å². The zero-order valence-corrected chi connectivity index (χ0v) is 10.7. The Bertz CT molecular complexity index is 393. The van der Waals surface area contributed by atoms with Gasteiger partial charge in [-0.3, -0.25) is 9.48 Å². The third-order valence-electron chi connectivity index (χ3n) is 3.40. The topological polar surface area (TPSA) is 79.2 Å². The van der Waals surface area contributed by atoms with Crippen molar-refractivity contribution in [3.8, 4) is 0 Å². The first-order valence-electron chi connectivity index (χ1n) is 6.25. The highest BCUT2D eigenvalue weighted by Gasteiger charge is 2.42. The van der Waals surface area contributed by atoms with E-state index in [-0.39, 0.29) is 30.1 Å². The molecule has 1 aromatic rings. The summed E-state index contributed by atoms with van der Waals surface area (Å²) in [6.45, 7) is 1.97. The summed E-state index contributed by atoms with van der Waals surface area (Å²) in [6.07, 6.45) is 4.33. The van der Waals surface area contributed by atoms with Gasteiger partial charge in [0, 0.05) is 37.9 Å². The highest BCUT2D eigenvalue weighted by Crippen LogP contribution is 2.32. The lowest BCUT2D eigenvalue weighted by Crippen LogP contribution is -2.57. The van der Waals surface area contributed by atoms with E-state index >= 15 is 0 Å². The molecule has 0 aromatic carbocycles. The number of hydrogen-bond acceptors (Lipinski definition) is 4. The van der Waals surface area contributed by atoms with E-state index in [9.17, 15) is 9.90 Å². The predicted octanol–water partition coefficient (Wildman–Crippen LogP) is -0.328. The van der Waals surface area contributed by atoms with Crippen molar-refractivity contribution in [3.63, 3.8) is 0 Å². The van der Waals surface area contributed by atoms with Crippen molar-refractivity contribution >= 4 is 5.91 Å². The molecule has 0 aliphatic heterocycles. The van der Waals surface area contributed by atoms with Gasteiger partial charge in [-0.15, -0.1) is 0 Å². The number of nitrogens with zero attached hydrogens (tertiary/aromatic N) is 2. The lowest BCUT2D eigenvalue weighted by atomic mass is 9.82. The monoisotopic (exact) mass is 252 g/mol. The minimum absolute atomic E-state index is 0.0190. The number of rotatable bonds is 5. The molecule has 1 aliphatic rings. The van der Waals surface area contributed by atoms with E-state index in [0.29, 0.717) is 12.8 Å². The summed E-state index contributed by atoms with van der Waals surface area (Å²) in [5, 5.41) is 19.9. The van der Waals surface area contributed by atoms with E-state index in [1.54, 1.807) is 17.9 Å². The second-order valence-corrected chi connectivity index (χ2v) is 4.83. The second-order valence-electron chi connectivity index (χ2n) is 4.83. The standard InChI is InChI=1S/C12H20N4O2/c1-8(6-11(18)13-2)15-9-7-10(17)12(9)16-5-3-4-14-16/h3-5,8-10,12,15,17H,6-7H2,1-2H3,(H,13,18)/t8?,9-,10+,12+/m0/s1. The maximum absolute atomic E-state index is 11.3. The van der Waals surface area contributed by atoms with Gasteiger partial charge in [0.1, 0.15) is 0 Å². The fourth-order valence-corrected chi connectivity index (χ4v) is 2.40. The van der Waals surface area contributed by atoms with Gasteiger partial charge in [0.2, 0.25) is 5.91 Å². The molecule has 2 rings (SSSR count). The number of aliphatic hydroxyl groups is 1. The zero-order chi connectivity index (χ0) is 13.1. The third kappa shape index (κ3) is 2.70. The number of amides is 1. The smallest absolute Gasteiger partial charge is 0.221 e. The van der Waals surface area contributed by atoms with Gasteiger partial charge in [0.25, 0.3) is 0 Å². The molecule has 0 radical (unpaired) electrons. The summed E-state index contributed by atoms with van der Waals surface area (Å²) in [4.78, 5) is 11.3. The molecule has 1 aromatic heterocycles. The molecule has 6 heteroatoms. The van der Waals surface area contributed by atoms with Crippen LogP contribution in [0.2, 0.25) is 0 Å². The maximum atomic E-state index is 11.3. The van der Waals surface area contributed by atoms with Gasteiger partial charge in [-0.25, -0.2) is 0 Å². The molecule has 6 nitrogen and oxygen atoms in total. The first-order chi connectivity index (χ1) is 8.61. The first kappa shape index (κ1) is 13.0. The fourth-order valence-electron chi connectivity index (χ4n) is 2.40. The number of aromatic nitrogens is 2. The van der Waals surface area contributed by atoms with Crippen LogP contribution in [0, 0.1) is 0 Å². The molecule has 0 spiro atoms. The molecule has 1 amide bonds. The van der Waals surface area contributed by atoms with Crippen LogP contribution < -0.4 is 10.6 Å². The Balaban J connectivity index is 1.88. The molecule has 0 saturated heterocycles. The van der Waals surface area contributed by atoms with Crippen LogP contribution in [0.5, 0.6) is 0 Å². The molecule has 1 heterocycles. The Morgan fingerprint density at radius 2 is 2.44 bits per heavy atom. The van der Waals surface area contributed by atoms with E-state index in [2.05, 4.69) is 15.7 Å². The Morgan fingerprint density at radius 3 is 3.00 bits per heavy atom. The van der Waals surface area contributed by atoms with Crippen LogP contribution >= 0.6 is 0 Å². The summed E-state index contributed by atoms with van der Waals surface area (Å²) in [5.41, 5.74) is 0. The highest BCUT2D eigenvalue weighted by molar-refractivity contribution is 5.76. The largest absolute Gasteiger partial charge is 0.391 e.